The van der Waals surface area contributed by atoms with E-state index in [9.17, 15) is 9.18 Å². The van der Waals surface area contributed by atoms with Crippen LogP contribution in [0.15, 0.2) is 18.2 Å². The number of benzene rings is 1. The predicted molar refractivity (Wildman–Crippen MR) is 71.5 cm³/mol. The lowest BCUT2D eigenvalue weighted by atomic mass is 9.95. The third kappa shape index (κ3) is 3.04. The Labute approximate surface area is 112 Å². The summed E-state index contributed by atoms with van der Waals surface area (Å²) in [4.78, 5) is 12.2. The first-order valence-corrected chi connectivity index (χ1v) is 6.50. The molecule has 0 bridgehead atoms. The van der Waals surface area contributed by atoms with E-state index in [0.717, 1.165) is 19.3 Å². The fourth-order valence-corrected chi connectivity index (χ4v) is 2.64. The summed E-state index contributed by atoms with van der Waals surface area (Å²) >= 11 is 0. The summed E-state index contributed by atoms with van der Waals surface area (Å²) in [7, 11) is 1.39. The van der Waals surface area contributed by atoms with E-state index in [4.69, 9.17) is 10.5 Å². The molecule has 1 aromatic carbocycles. The quantitative estimate of drug-likeness (QED) is 0.877. The van der Waals surface area contributed by atoms with Crippen molar-refractivity contribution >= 4 is 11.6 Å². The van der Waals surface area contributed by atoms with Gasteiger partial charge in [0, 0.05) is 17.7 Å². The largest absolute Gasteiger partial charge is 0.494 e. The molecule has 2 rings (SSSR count). The Morgan fingerprint density at radius 3 is 3.00 bits per heavy atom. The van der Waals surface area contributed by atoms with E-state index in [1.807, 2.05) is 0 Å². The Kier molecular flexibility index (Phi) is 4.37. The number of halogens is 1. The van der Waals surface area contributed by atoms with Gasteiger partial charge in [-0.2, -0.15) is 0 Å². The Balaban J connectivity index is 2.06. The second kappa shape index (κ2) is 6.02. The maximum absolute atomic E-state index is 13.3. The molecule has 19 heavy (non-hydrogen) atoms. The first-order chi connectivity index (χ1) is 9.15. The van der Waals surface area contributed by atoms with Gasteiger partial charge in [-0.15, -0.1) is 0 Å². The highest BCUT2D eigenvalue weighted by Crippen LogP contribution is 2.32. The van der Waals surface area contributed by atoms with Crippen molar-refractivity contribution in [3.8, 4) is 5.75 Å². The van der Waals surface area contributed by atoms with Gasteiger partial charge in [0.15, 0.2) is 11.6 Å². The molecule has 5 heteroatoms. The number of carbonyl (C=O) groups is 1. The Morgan fingerprint density at radius 2 is 2.32 bits per heavy atom. The Hall–Kier alpha value is -1.62. The molecule has 1 saturated carbocycles. The first-order valence-electron chi connectivity index (χ1n) is 6.50. The van der Waals surface area contributed by atoms with Crippen LogP contribution in [0.5, 0.6) is 5.75 Å². The molecule has 2 atom stereocenters. The van der Waals surface area contributed by atoms with Gasteiger partial charge in [-0.25, -0.2) is 4.39 Å². The fraction of sp³-hybridized carbons (Fsp3) is 0.500. The lowest BCUT2D eigenvalue weighted by molar-refractivity contribution is -0.120. The molecule has 0 saturated heterocycles. The number of amides is 1. The van der Waals surface area contributed by atoms with Gasteiger partial charge in [0.1, 0.15) is 0 Å². The van der Waals surface area contributed by atoms with Crippen molar-refractivity contribution in [2.75, 3.05) is 19.0 Å². The lowest BCUT2D eigenvalue weighted by Crippen LogP contribution is -2.29. The van der Waals surface area contributed by atoms with Crippen LogP contribution in [-0.2, 0) is 4.79 Å². The van der Waals surface area contributed by atoms with Crippen LogP contribution in [0.3, 0.4) is 0 Å². The molecule has 1 aliphatic rings. The molecular formula is C14H19FN2O2. The number of anilines is 1. The van der Waals surface area contributed by atoms with Crippen molar-refractivity contribution < 1.29 is 13.9 Å². The molecule has 104 valence electrons. The van der Waals surface area contributed by atoms with E-state index in [1.165, 1.54) is 25.3 Å². The van der Waals surface area contributed by atoms with Crippen molar-refractivity contribution in [2.45, 2.75) is 19.3 Å². The third-order valence-electron chi connectivity index (χ3n) is 3.72. The van der Waals surface area contributed by atoms with Crippen LogP contribution < -0.4 is 15.8 Å². The van der Waals surface area contributed by atoms with Gasteiger partial charge < -0.3 is 15.8 Å². The van der Waals surface area contributed by atoms with Gasteiger partial charge in [-0.05, 0) is 37.4 Å². The number of ether oxygens (including phenoxy) is 1. The zero-order chi connectivity index (χ0) is 13.8. The van der Waals surface area contributed by atoms with Crippen LogP contribution in [0.2, 0.25) is 0 Å². The minimum Gasteiger partial charge on any atom is -0.494 e. The maximum Gasteiger partial charge on any atom is 0.227 e. The summed E-state index contributed by atoms with van der Waals surface area (Å²) in [6.45, 7) is 0.533. The highest BCUT2D eigenvalue weighted by Gasteiger charge is 2.31. The van der Waals surface area contributed by atoms with Crippen molar-refractivity contribution in [3.63, 3.8) is 0 Å². The van der Waals surface area contributed by atoms with Gasteiger partial charge in [0.25, 0.3) is 0 Å². The number of rotatable bonds is 4. The Morgan fingerprint density at radius 1 is 1.53 bits per heavy atom. The third-order valence-corrected chi connectivity index (χ3v) is 3.72. The summed E-state index contributed by atoms with van der Waals surface area (Å²) in [5.74, 6) is -0.147. The average molecular weight is 266 g/mol. The van der Waals surface area contributed by atoms with E-state index >= 15 is 0 Å². The number of methoxy groups -OCH3 is 1. The maximum atomic E-state index is 13.3. The van der Waals surface area contributed by atoms with E-state index < -0.39 is 5.82 Å². The number of hydrogen-bond acceptors (Lipinski definition) is 3. The van der Waals surface area contributed by atoms with Crippen molar-refractivity contribution in [1.29, 1.82) is 0 Å². The summed E-state index contributed by atoms with van der Waals surface area (Å²) in [6, 6.07) is 4.30. The predicted octanol–water partition coefficient (Wildman–Crippen LogP) is 2.15. The van der Waals surface area contributed by atoms with Crippen molar-refractivity contribution in [1.82, 2.24) is 0 Å². The van der Waals surface area contributed by atoms with Gasteiger partial charge >= 0.3 is 0 Å². The molecule has 0 aliphatic heterocycles. The highest BCUT2D eigenvalue weighted by molar-refractivity contribution is 5.93. The number of nitrogens with one attached hydrogen (secondary N) is 1. The molecule has 3 N–H and O–H groups in total. The fourth-order valence-electron chi connectivity index (χ4n) is 2.64. The molecule has 1 aromatic rings. The zero-order valence-electron chi connectivity index (χ0n) is 11.0. The van der Waals surface area contributed by atoms with Crippen LogP contribution in [0.4, 0.5) is 10.1 Å². The normalized spacial score (nSPS) is 22.3. The summed E-state index contributed by atoms with van der Waals surface area (Å²) in [5.41, 5.74) is 6.22. The van der Waals surface area contributed by atoms with Crippen molar-refractivity contribution in [3.05, 3.63) is 24.0 Å². The molecule has 2 unspecified atom stereocenters. The minimum absolute atomic E-state index is 0.0402. The van der Waals surface area contributed by atoms with Crippen LogP contribution in [0.1, 0.15) is 19.3 Å². The second-order valence-electron chi connectivity index (χ2n) is 4.87. The average Bonchev–Trinajstić information content (AvgIpc) is 2.89. The van der Waals surface area contributed by atoms with Gasteiger partial charge in [-0.1, -0.05) is 6.42 Å². The highest BCUT2D eigenvalue weighted by atomic mass is 19.1. The molecule has 1 amide bonds. The molecular weight excluding hydrogens is 247 g/mol. The van der Waals surface area contributed by atoms with Crippen LogP contribution in [-0.4, -0.2) is 19.6 Å². The van der Waals surface area contributed by atoms with Crippen molar-refractivity contribution in [2.24, 2.45) is 17.6 Å². The topological polar surface area (TPSA) is 64.3 Å². The van der Waals surface area contributed by atoms with Gasteiger partial charge in [0.2, 0.25) is 5.91 Å². The zero-order valence-corrected chi connectivity index (χ0v) is 11.0. The van der Waals surface area contributed by atoms with Gasteiger partial charge in [0.05, 0.1) is 7.11 Å². The number of nitrogens with two attached hydrogens (primary N) is 1. The number of carbonyl (C=O) groups excluding carboxylic acids is 1. The number of hydrogen-bond donors (Lipinski definition) is 2. The van der Waals surface area contributed by atoms with E-state index in [0.29, 0.717) is 12.2 Å². The second-order valence-corrected chi connectivity index (χ2v) is 4.87. The molecule has 0 spiro atoms. The summed E-state index contributed by atoms with van der Waals surface area (Å²) < 4.78 is 18.2. The molecule has 0 radical (unpaired) electrons. The molecule has 1 fully saturated rings. The summed E-state index contributed by atoms with van der Waals surface area (Å²) in [6.07, 6.45) is 2.90. The van der Waals surface area contributed by atoms with Gasteiger partial charge in [-0.3, -0.25) is 4.79 Å². The summed E-state index contributed by atoms with van der Waals surface area (Å²) in [5, 5.41) is 2.81. The van der Waals surface area contributed by atoms with Crippen LogP contribution in [0.25, 0.3) is 0 Å². The first kappa shape index (κ1) is 13.8. The SMILES string of the molecule is COc1cc(NC(=O)C2CCCC2CN)ccc1F. The van der Waals surface area contributed by atoms with Crippen LogP contribution in [0, 0.1) is 17.7 Å². The standard InChI is InChI=1S/C14H19FN2O2/c1-19-13-7-10(5-6-12(13)15)17-14(18)11-4-2-3-9(11)8-16/h5-7,9,11H,2-4,8,16H2,1H3,(H,17,18). The van der Waals surface area contributed by atoms with E-state index in [2.05, 4.69) is 5.32 Å². The monoisotopic (exact) mass is 266 g/mol. The van der Waals surface area contributed by atoms with E-state index in [-0.39, 0.29) is 23.5 Å². The smallest absolute Gasteiger partial charge is 0.227 e. The molecule has 1 aliphatic carbocycles. The van der Waals surface area contributed by atoms with Crippen LogP contribution >= 0.6 is 0 Å². The molecule has 0 aromatic heterocycles. The molecule has 4 nitrogen and oxygen atoms in total. The molecule has 0 heterocycles. The lowest BCUT2D eigenvalue weighted by Gasteiger charge is -2.17. The van der Waals surface area contributed by atoms with E-state index in [1.54, 1.807) is 0 Å². The Bertz CT molecular complexity index is 465. The minimum atomic E-state index is -0.443.